The quantitative estimate of drug-likeness (QED) is 0.792. The van der Waals surface area contributed by atoms with Crippen LogP contribution in [0.5, 0.6) is 0 Å². The summed E-state index contributed by atoms with van der Waals surface area (Å²) >= 11 is 0. The smallest absolute Gasteiger partial charge is 0.185 e. The molecule has 7 heteroatoms. The zero-order valence-corrected chi connectivity index (χ0v) is 12.1. The van der Waals surface area contributed by atoms with Crippen molar-refractivity contribution in [3.8, 4) is 0 Å². The van der Waals surface area contributed by atoms with Crippen molar-refractivity contribution in [2.75, 3.05) is 0 Å². The van der Waals surface area contributed by atoms with Gasteiger partial charge in [-0.2, -0.15) is 5.10 Å². The molecule has 0 saturated carbocycles. The van der Waals surface area contributed by atoms with Gasteiger partial charge in [-0.25, -0.2) is 22.5 Å². The highest BCUT2D eigenvalue weighted by Crippen LogP contribution is 2.16. The average Bonchev–Trinajstić information content (AvgIpc) is 2.75. The molecule has 1 aromatic carbocycles. The lowest BCUT2D eigenvalue weighted by Crippen LogP contribution is -2.14. The first-order valence-corrected chi connectivity index (χ1v) is 7.89. The topological polar surface area (TPSA) is 64.8 Å². The highest BCUT2D eigenvalue weighted by Gasteiger charge is 2.19. The molecule has 0 aliphatic carbocycles. The first-order chi connectivity index (χ1) is 9.38. The fraction of sp³-hybridized carbons (Fsp3) is 0.385. The molecule has 0 aliphatic heterocycles. The first-order valence-electron chi connectivity index (χ1n) is 6.23. The molecule has 0 N–H and O–H groups in total. The second kappa shape index (κ2) is 5.70. The minimum absolute atomic E-state index is 0.0815. The van der Waals surface area contributed by atoms with Gasteiger partial charge in [0, 0.05) is 6.54 Å². The van der Waals surface area contributed by atoms with Crippen molar-refractivity contribution in [1.82, 2.24) is 14.8 Å². The van der Waals surface area contributed by atoms with Crippen LogP contribution in [-0.2, 0) is 22.1 Å². The Labute approximate surface area is 117 Å². The lowest BCUT2D eigenvalue weighted by Gasteiger charge is -2.09. The van der Waals surface area contributed by atoms with Crippen molar-refractivity contribution >= 4 is 9.84 Å². The van der Waals surface area contributed by atoms with E-state index in [2.05, 4.69) is 10.1 Å². The molecule has 108 valence electrons. The van der Waals surface area contributed by atoms with Crippen LogP contribution in [0.2, 0.25) is 0 Å². The summed E-state index contributed by atoms with van der Waals surface area (Å²) < 4.78 is 38.9. The van der Waals surface area contributed by atoms with Crippen LogP contribution in [-0.4, -0.2) is 23.2 Å². The third-order valence-electron chi connectivity index (χ3n) is 2.73. The summed E-state index contributed by atoms with van der Waals surface area (Å²) in [5.74, 6) is 0.0182. The van der Waals surface area contributed by atoms with Crippen LogP contribution in [0.3, 0.4) is 0 Å². The lowest BCUT2D eigenvalue weighted by atomic mass is 10.2. The van der Waals surface area contributed by atoms with E-state index in [9.17, 15) is 12.8 Å². The van der Waals surface area contributed by atoms with Crippen LogP contribution in [0.25, 0.3) is 0 Å². The van der Waals surface area contributed by atoms with Crippen LogP contribution in [0.15, 0.2) is 35.5 Å². The van der Waals surface area contributed by atoms with Crippen molar-refractivity contribution < 1.29 is 12.8 Å². The molecule has 1 aromatic heterocycles. The van der Waals surface area contributed by atoms with Crippen molar-refractivity contribution in [1.29, 1.82) is 0 Å². The molecule has 0 unspecified atom stereocenters. The van der Waals surface area contributed by atoms with Crippen molar-refractivity contribution in [2.24, 2.45) is 5.92 Å². The Hall–Kier alpha value is -1.76. The third kappa shape index (κ3) is 3.41. The predicted molar refractivity (Wildman–Crippen MR) is 72.1 cm³/mol. The molecule has 0 radical (unpaired) electrons. The fourth-order valence-electron chi connectivity index (χ4n) is 1.79. The van der Waals surface area contributed by atoms with E-state index in [1.54, 1.807) is 4.68 Å². The van der Waals surface area contributed by atoms with E-state index in [-0.39, 0.29) is 10.6 Å². The van der Waals surface area contributed by atoms with Gasteiger partial charge in [0.1, 0.15) is 23.7 Å². The van der Waals surface area contributed by atoms with E-state index in [1.807, 2.05) is 13.8 Å². The molecule has 2 rings (SSSR count). The fourth-order valence-corrected chi connectivity index (χ4v) is 3.07. The number of sulfone groups is 1. The number of nitrogens with zero attached hydrogens (tertiary/aromatic N) is 3. The number of halogens is 1. The normalized spacial score (nSPS) is 12.0. The third-order valence-corrected chi connectivity index (χ3v) is 4.35. The van der Waals surface area contributed by atoms with Gasteiger partial charge in [0.25, 0.3) is 0 Å². The van der Waals surface area contributed by atoms with E-state index in [4.69, 9.17) is 0 Å². The van der Waals surface area contributed by atoms with Crippen molar-refractivity contribution in [2.45, 2.75) is 31.0 Å². The maximum atomic E-state index is 12.8. The van der Waals surface area contributed by atoms with E-state index in [0.29, 0.717) is 18.3 Å². The summed E-state index contributed by atoms with van der Waals surface area (Å²) in [7, 11) is -3.55. The zero-order valence-electron chi connectivity index (χ0n) is 11.3. The van der Waals surface area contributed by atoms with Crippen LogP contribution in [0.4, 0.5) is 4.39 Å². The maximum absolute atomic E-state index is 12.8. The summed E-state index contributed by atoms with van der Waals surface area (Å²) in [5, 5.41) is 4.03. The average molecular weight is 297 g/mol. The van der Waals surface area contributed by atoms with E-state index in [1.165, 1.54) is 18.5 Å². The Kier molecular flexibility index (Phi) is 4.17. The predicted octanol–water partition coefficient (Wildman–Crippen LogP) is 2.05. The molecule has 0 bridgehead atoms. The molecule has 0 amide bonds. The number of rotatable bonds is 5. The second-order valence-electron chi connectivity index (χ2n) is 4.97. The van der Waals surface area contributed by atoms with Gasteiger partial charge in [-0.3, -0.25) is 0 Å². The van der Waals surface area contributed by atoms with Crippen molar-refractivity contribution in [3.05, 3.63) is 42.2 Å². The molecular weight excluding hydrogens is 281 g/mol. The SMILES string of the molecule is CC(C)Cn1ncnc1CS(=O)(=O)c1ccc(F)cc1. The molecule has 0 fully saturated rings. The maximum Gasteiger partial charge on any atom is 0.185 e. The van der Waals surface area contributed by atoms with E-state index >= 15 is 0 Å². The largest absolute Gasteiger partial charge is 0.249 e. The van der Waals surface area contributed by atoms with Gasteiger partial charge in [-0.05, 0) is 30.2 Å². The highest BCUT2D eigenvalue weighted by atomic mass is 32.2. The minimum Gasteiger partial charge on any atom is -0.249 e. The first kappa shape index (κ1) is 14.6. The monoisotopic (exact) mass is 297 g/mol. The van der Waals surface area contributed by atoms with Crippen molar-refractivity contribution in [3.63, 3.8) is 0 Å². The molecule has 2 aromatic rings. The van der Waals surface area contributed by atoms with Gasteiger partial charge < -0.3 is 0 Å². The Balaban J connectivity index is 2.24. The molecule has 5 nitrogen and oxygen atoms in total. The van der Waals surface area contributed by atoms with Gasteiger partial charge in [0.05, 0.1) is 4.90 Å². The van der Waals surface area contributed by atoms with E-state index < -0.39 is 15.7 Å². The molecule has 20 heavy (non-hydrogen) atoms. The number of hydrogen-bond acceptors (Lipinski definition) is 4. The Morgan fingerprint density at radius 1 is 1.25 bits per heavy atom. The summed E-state index contributed by atoms with van der Waals surface area (Å²) in [4.78, 5) is 4.08. The van der Waals surface area contributed by atoms with Crippen LogP contribution < -0.4 is 0 Å². The second-order valence-corrected chi connectivity index (χ2v) is 6.95. The molecule has 1 heterocycles. The van der Waals surface area contributed by atoms with E-state index in [0.717, 1.165) is 12.1 Å². The standard InChI is InChI=1S/C13H16FN3O2S/c1-10(2)7-17-13(15-9-16-17)8-20(18,19)12-5-3-11(14)4-6-12/h3-6,9-10H,7-8H2,1-2H3. The van der Waals surface area contributed by atoms with Gasteiger partial charge in [0.15, 0.2) is 9.84 Å². The van der Waals surface area contributed by atoms with Crippen LogP contribution in [0.1, 0.15) is 19.7 Å². The molecule has 0 saturated heterocycles. The Morgan fingerprint density at radius 3 is 2.50 bits per heavy atom. The summed E-state index contributed by atoms with van der Waals surface area (Å²) in [5.41, 5.74) is 0. The van der Waals surface area contributed by atoms with Crippen LogP contribution >= 0.6 is 0 Å². The Bertz CT molecular complexity index is 678. The number of hydrogen-bond donors (Lipinski definition) is 0. The van der Waals surface area contributed by atoms with Gasteiger partial charge in [0.2, 0.25) is 0 Å². The van der Waals surface area contributed by atoms with Gasteiger partial charge in [-0.15, -0.1) is 0 Å². The summed E-state index contributed by atoms with van der Waals surface area (Å²) in [6.45, 7) is 4.63. The molecular formula is C13H16FN3O2S. The summed E-state index contributed by atoms with van der Waals surface area (Å²) in [6, 6.07) is 4.78. The zero-order chi connectivity index (χ0) is 14.8. The number of benzene rings is 1. The van der Waals surface area contributed by atoms with Crippen LogP contribution in [0, 0.1) is 11.7 Å². The number of aromatic nitrogens is 3. The lowest BCUT2D eigenvalue weighted by molar-refractivity contribution is 0.470. The molecule has 0 spiro atoms. The van der Waals surface area contributed by atoms with Gasteiger partial charge >= 0.3 is 0 Å². The summed E-state index contributed by atoms with van der Waals surface area (Å²) in [6.07, 6.45) is 1.35. The minimum atomic E-state index is -3.55. The molecule has 0 aliphatic rings. The van der Waals surface area contributed by atoms with Gasteiger partial charge in [-0.1, -0.05) is 13.8 Å². The highest BCUT2D eigenvalue weighted by molar-refractivity contribution is 7.90. The molecule has 0 atom stereocenters. The Morgan fingerprint density at radius 2 is 1.90 bits per heavy atom.